The molecule has 0 amide bonds. The molecule has 1 aliphatic rings. The number of fused-ring (bicyclic) bond motifs is 3. The largest absolute Gasteiger partial charge is 0.370 e. The molecule has 2 heterocycles. The number of benzene rings is 2. The molecule has 1 aliphatic heterocycles. The lowest BCUT2D eigenvalue weighted by atomic mass is 10.1. The van der Waals surface area contributed by atoms with E-state index < -0.39 is 4.93 Å². The topological polar surface area (TPSA) is 25.2 Å². The van der Waals surface area contributed by atoms with E-state index in [0.29, 0.717) is 0 Å². The third kappa shape index (κ3) is 1.57. The Morgan fingerprint density at radius 1 is 0.850 bits per heavy atom. The summed E-state index contributed by atoms with van der Waals surface area (Å²) in [5.41, 5.74) is 2.92. The summed E-state index contributed by atoms with van der Waals surface area (Å²) in [5, 5.41) is 11.3. The van der Waals surface area contributed by atoms with Crippen molar-refractivity contribution < 1.29 is 5.11 Å². The molecule has 3 aromatic rings. The maximum absolute atomic E-state index is 11.3. The van der Waals surface area contributed by atoms with Crippen LogP contribution in [0.4, 0.5) is 0 Å². The van der Waals surface area contributed by atoms with Gasteiger partial charge in [-0.3, -0.25) is 0 Å². The van der Waals surface area contributed by atoms with Crippen LogP contribution in [-0.2, 0) is 4.93 Å². The highest BCUT2D eigenvalue weighted by molar-refractivity contribution is 8.00. The number of hydrogen-bond acceptors (Lipinski definition) is 2. The standard InChI is InChI=1S/C17H13NOS/c19-17(13-7-2-1-3-8-13)16-11-6-12-18(16)14-9-4-5-10-15(14)20-17/h1-12,19H. The van der Waals surface area contributed by atoms with Gasteiger partial charge in [-0.25, -0.2) is 0 Å². The quantitative estimate of drug-likeness (QED) is 0.733. The predicted molar refractivity (Wildman–Crippen MR) is 81.1 cm³/mol. The van der Waals surface area contributed by atoms with Gasteiger partial charge in [0.1, 0.15) is 0 Å². The van der Waals surface area contributed by atoms with Crippen LogP contribution in [0, 0.1) is 0 Å². The lowest BCUT2D eigenvalue weighted by molar-refractivity contribution is 0.172. The van der Waals surface area contributed by atoms with Gasteiger partial charge in [-0.15, -0.1) is 0 Å². The summed E-state index contributed by atoms with van der Waals surface area (Å²) in [7, 11) is 0. The highest BCUT2D eigenvalue weighted by Crippen LogP contribution is 2.50. The molecule has 98 valence electrons. The normalized spacial score (nSPS) is 20.2. The number of hydrogen-bond donors (Lipinski definition) is 1. The first-order valence-corrected chi connectivity index (χ1v) is 7.35. The lowest BCUT2D eigenvalue weighted by Crippen LogP contribution is -2.29. The summed E-state index contributed by atoms with van der Waals surface area (Å²) in [6, 6.07) is 21.9. The second kappa shape index (κ2) is 4.27. The number of aromatic nitrogens is 1. The van der Waals surface area contributed by atoms with Gasteiger partial charge in [0.05, 0.1) is 11.4 Å². The van der Waals surface area contributed by atoms with Gasteiger partial charge in [-0.2, -0.15) is 0 Å². The average molecular weight is 279 g/mol. The summed E-state index contributed by atoms with van der Waals surface area (Å²) in [6.45, 7) is 0. The van der Waals surface area contributed by atoms with Crippen LogP contribution in [0.25, 0.3) is 5.69 Å². The molecule has 0 saturated carbocycles. The Kier molecular flexibility index (Phi) is 2.52. The zero-order chi connectivity index (χ0) is 13.6. The molecule has 4 rings (SSSR count). The number of aliphatic hydroxyl groups is 1. The summed E-state index contributed by atoms with van der Waals surface area (Å²) in [6.07, 6.45) is 2.00. The second-order valence-corrected chi connectivity index (χ2v) is 6.08. The number of thioether (sulfide) groups is 1. The Morgan fingerprint density at radius 2 is 1.60 bits per heavy atom. The van der Waals surface area contributed by atoms with Crippen LogP contribution in [0.5, 0.6) is 0 Å². The zero-order valence-electron chi connectivity index (χ0n) is 10.7. The third-order valence-electron chi connectivity index (χ3n) is 3.64. The van der Waals surface area contributed by atoms with E-state index in [0.717, 1.165) is 21.8 Å². The van der Waals surface area contributed by atoms with E-state index in [1.54, 1.807) is 0 Å². The maximum atomic E-state index is 11.3. The minimum absolute atomic E-state index is 0.896. The van der Waals surface area contributed by atoms with Gasteiger partial charge in [0, 0.05) is 16.7 Å². The van der Waals surface area contributed by atoms with Crippen molar-refractivity contribution in [2.75, 3.05) is 0 Å². The van der Waals surface area contributed by atoms with E-state index in [-0.39, 0.29) is 0 Å². The van der Waals surface area contributed by atoms with E-state index in [9.17, 15) is 5.11 Å². The molecule has 0 saturated heterocycles. The van der Waals surface area contributed by atoms with Crippen molar-refractivity contribution in [3.63, 3.8) is 0 Å². The highest BCUT2D eigenvalue weighted by atomic mass is 32.2. The van der Waals surface area contributed by atoms with Crippen molar-refractivity contribution in [2.24, 2.45) is 0 Å². The van der Waals surface area contributed by atoms with Gasteiger partial charge in [0.2, 0.25) is 0 Å². The molecular weight excluding hydrogens is 266 g/mol. The van der Waals surface area contributed by atoms with Crippen LogP contribution in [0.1, 0.15) is 11.3 Å². The summed E-state index contributed by atoms with van der Waals surface area (Å²) in [4.78, 5) is 0.0432. The van der Waals surface area contributed by atoms with Crippen LogP contribution in [0.3, 0.4) is 0 Å². The minimum Gasteiger partial charge on any atom is -0.370 e. The SMILES string of the molecule is OC1(c2ccccc2)Sc2ccccc2-n2cccc21. The van der Waals surface area contributed by atoms with Crippen LogP contribution in [0.2, 0.25) is 0 Å². The fourth-order valence-electron chi connectivity index (χ4n) is 2.69. The van der Waals surface area contributed by atoms with E-state index >= 15 is 0 Å². The molecule has 1 aromatic heterocycles. The highest BCUT2D eigenvalue weighted by Gasteiger charge is 2.39. The third-order valence-corrected chi connectivity index (χ3v) is 4.95. The summed E-state index contributed by atoms with van der Waals surface area (Å²) >= 11 is 1.49. The van der Waals surface area contributed by atoms with Crippen molar-refractivity contribution in [1.29, 1.82) is 0 Å². The zero-order valence-corrected chi connectivity index (χ0v) is 11.5. The molecule has 1 N–H and O–H groups in total. The van der Waals surface area contributed by atoms with Gasteiger partial charge >= 0.3 is 0 Å². The Labute approximate surface area is 121 Å². The first kappa shape index (κ1) is 11.8. The van der Waals surface area contributed by atoms with E-state index in [1.165, 1.54) is 11.8 Å². The van der Waals surface area contributed by atoms with Gasteiger partial charge < -0.3 is 9.67 Å². The molecule has 0 radical (unpaired) electrons. The first-order chi connectivity index (χ1) is 9.79. The molecule has 0 spiro atoms. The number of rotatable bonds is 1. The van der Waals surface area contributed by atoms with E-state index in [2.05, 4.69) is 16.7 Å². The van der Waals surface area contributed by atoms with Gasteiger partial charge in [0.15, 0.2) is 4.93 Å². The molecule has 1 unspecified atom stereocenters. The lowest BCUT2D eigenvalue weighted by Gasteiger charge is -2.34. The Hall–Kier alpha value is -1.97. The van der Waals surface area contributed by atoms with Crippen LogP contribution >= 0.6 is 11.8 Å². The average Bonchev–Trinajstić information content (AvgIpc) is 2.99. The monoisotopic (exact) mass is 279 g/mol. The van der Waals surface area contributed by atoms with E-state index in [1.807, 2.05) is 60.8 Å². The van der Waals surface area contributed by atoms with Gasteiger partial charge in [0.25, 0.3) is 0 Å². The van der Waals surface area contributed by atoms with E-state index in [4.69, 9.17) is 0 Å². The Morgan fingerprint density at radius 3 is 2.45 bits per heavy atom. The fraction of sp³-hybridized carbons (Fsp3) is 0.0588. The number of nitrogens with zero attached hydrogens (tertiary/aromatic N) is 1. The van der Waals surface area contributed by atoms with Crippen LogP contribution < -0.4 is 0 Å². The molecule has 1 atom stereocenters. The van der Waals surface area contributed by atoms with Crippen molar-refractivity contribution >= 4 is 11.8 Å². The Bertz CT molecular complexity index is 765. The molecule has 0 aliphatic carbocycles. The Balaban J connectivity index is 1.98. The number of para-hydroxylation sites is 1. The van der Waals surface area contributed by atoms with Gasteiger partial charge in [-0.1, -0.05) is 54.2 Å². The van der Waals surface area contributed by atoms with Crippen LogP contribution in [0.15, 0.2) is 77.8 Å². The maximum Gasteiger partial charge on any atom is 0.181 e. The second-order valence-electron chi connectivity index (χ2n) is 4.84. The molecular formula is C17H13NOS. The van der Waals surface area contributed by atoms with Gasteiger partial charge in [-0.05, 0) is 24.3 Å². The molecule has 0 bridgehead atoms. The van der Waals surface area contributed by atoms with Crippen molar-refractivity contribution in [1.82, 2.24) is 4.57 Å². The fourth-order valence-corrected chi connectivity index (χ4v) is 3.95. The summed E-state index contributed by atoms with van der Waals surface area (Å²) < 4.78 is 2.07. The molecule has 2 nitrogen and oxygen atoms in total. The van der Waals surface area contributed by atoms with Crippen molar-refractivity contribution in [3.8, 4) is 5.69 Å². The van der Waals surface area contributed by atoms with Crippen LogP contribution in [-0.4, -0.2) is 9.67 Å². The minimum atomic E-state index is -1.04. The predicted octanol–water partition coefficient (Wildman–Crippen LogP) is 3.78. The van der Waals surface area contributed by atoms with Crippen molar-refractivity contribution in [3.05, 3.63) is 84.2 Å². The first-order valence-electron chi connectivity index (χ1n) is 6.53. The molecule has 20 heavy (non-hydrogen) atoms. The summed E-state index contributed by atoms with van der Waals surface area (Å²) in [5.74, 6) is 0. The van der Waals surface area contributed by atoms with Crippen molar-refractivity contribution in [2.45, 2.75) is 9.83 Å². The molecule has 0 fully saturated rings. The molecule has 3 heteroatoms. The smallest absolute Gasteiger partial charge is 0.181 e. The molecule has 2 aromatic carbocycles.